The highest BCUT2D eigenvalue weighted by molar-refractivity contribution is 14.0. The fourth-order valence-corrected chi connectivity index (χ4v) is 4.50. The minimum Gasteiger partial charge on any atom is -1.00 e. The van der Waals surface area contributed by atoms with Gasteiger partial charge in [0.25, 0.3) is 5.91 Å². The maximum atomic E-state index is 12.9. The molecule has 8 nitrogen and oxygen atoms in total. The van der Waals surface area contributed by atoms with Gasteiger partial charge < -0.3 is 44.5 Å². The molecule has 1 aliphatic rings. The second-order valence-electron chi connectivity index (χ2n) is 9.00. The maximum Gasteiger partial charge on any atom is 0.255 e. The molecule has 2 heterocycles. The van der Waals surface area contributed by atoms with E-state index in [9.17, 15) is 4.79 Å². The Labute approximate surface area is 267 Å². The molecule has 1 atom stereocenters. The van der Waals surface area contributed by atoms with E-state index in [0.29, 0.717) is 17.1 Å². The molecular formula is C30H32I2N7O-. The van der Waals surface area contributed by atoms with Crippen molar-refractivity contribution in [3.05, 3.63) is 108 Å². The van der Waals surface area contributed by atoms with E-state index < -0.39 is 6.29 Å². The lowest BCUT2D eigenvalue weighted by molar-refractivity contribution is -0.0000157. The van der Waals surface area contributed by atoms with Crippen molar-refractivity contribution >= 4 is 63.6 Å². The van der Waals surface area contributed by atoms with E-state index >= 15 is 0 Å². The zero-order chi connectivity index (χ0) is 26.6. The number of hydrogen-bond donors (Lipinski definition) is 3. The molecule has 1 unspecified atom stereocenters. The number of carbonyl (C=O) groups is 1. The summed E-state index contributed by atoms with van der Waals surface area (Å²) in [4.78, 5) is 23.9. The first-order valence-electron chi connectivity index (χ1n) is 12.7. The molecule has 1 amide bonds. The van der Waals surface area contributed by atoms with Crippen molar-refractivity contribution in [1.82, 2.24) is 9.47 Å². The maximum absolute atomic E-state index is 12.9. The Kier molecular flexibility index (Phi) is 10.9. The number of nitrogens with two attached hydrogens (primary N) is 2. The summed E-state index contributed by atoms with van der Waals surface area (Å²) >= 11 is 0. The van der Waals surface area contributed by atoms with Gasteiger partial charge in [0.15, 0.2) is 6.29 Å². The van der Waals surface area contributed by atoms with Crippen LogP contribution >= 0.6 is 24.0 Å². The second-order valence-corrected chi connectivity index (χ2v) is 9.00. The van der Waals surface area contributed by atoms with Crippen molar-refractivity contribution in [2.24, 2.45) is 21.5 Å². The number of amidine groups is 1. The lowest BCUT2D eigenvalue weighted by atomic mass is 10.0. The molecule has 0 spiro atoms. The van der Waals surface area contributed by atoms with Crippen LogP contribution < -0.4 is 46.1 Å². The van der Waals surface area contributed by atoms with Crippen molar-refractivity contribution in [3.63, 3.8) is 0 Å². The van der Waals surface area contributed by atoms with Gasteiger partial charge in [-0.25, -0.2) is 9.98 Å². The number of anilines is 1. The average molecular weight is 760 g/mol. The molecule has 40 heavy (non-hydrogen) atoms. The molecule has 0 fully saturated rings. The number of aliphatic imine (C=N–C) groups is 1. The summed E-state index contributed by atoms with van der Waals surface area (Å²) in [6.45, 7) is 5.74. The van der Waals surface area contributed by atoms with Crippen LogP contribution in [-0.2, 0) is 6.54 Å². The Bertz CT molecular complexity index is 1610. The molecule has 0 bridgehead atoms. The molecular weight excluding hydrogens is 728 g/mol. The number of nitrogens with one attached hydrogen (secondary N) is 1. The Morgan fingerprint density at radius 3 is 2.35 bits per heavy atom. The molecule has 10 heteroatoms. The van der Waals surface area contributed by atoms with E-state index in [1.54, 1.807) is 12.1 Å². The summed E-state index contributed by atoms with van der Waals surface area (Å²) in [7, 11) is 0. The van der Waals surface area contributed by atoms with Gasteiger partial charge in [-0.3, -0.25) is 10.5 Å². The van der Waals surface area contributed by atoms with E-state index in [0.717, 1.165) is 46.2 Å². The number of aromatic nitrogens is 1. The van der Waals surface area contributed by atoms with Gasteiger partial charge in [-0.05, 0) is 67.9 Å². The number of benzene rings is 3. The molecule has 0 radical (unpaired) electrons. The number of hydrogen-bond acceptors (Lipinski definition) is 6. The van der Waals surface area contributed by atoms with Crippen LogP contribution in [0.2, 0.25) is 0 Å². The Balaban J connectivity index is 0.00000220. The predicted molar refractivity (Wildman–Crippen MR) is 169 cm³/mol. The third kappa shape index (κ3) is 6.73. The van der Waals surface area contributed by atoms with Crippen LogP contribution in [0.1, 0.15) is 29.8 Å². The number of halogens is 2. The van der Waals surface area contributed by atoms with E-state index in [-0.39, 0.29) is 53.9 Å². The van der Waals surface area contributed by atoms with Crippen molar-refractivity contribution in [2.45, 2.75) is 26.7 Å². The molecule has 3 aromatic carbocycles. The highest BCUT2D eigenvalue weighted by Gasteiger charge is 2.19. The largest absolute Gasteiger partial charge is 1.00 e. The Hall–Kier alpha value is -3.23. The Morgan fingerprint density at radius 1 is 0.975 bits per heavy atom. The first-order valence-corrected chi connectivity index (χ1v) is 12.7. The van der Waals surface area contributed by atoms with Crippen molar-refractivity contribution in [3.8, 4) is 0 Å². The number of amides is 1. The van der Waals surface area contributed by atoms with Crippen LogP contribution in [0.5, 0.6) is 0 Å². The number of para-hydroxylation sites is 1. The van der Waals surface area contributed by atoms with Crippen molar-refractivity contribution in [2.75, 3.05) is 11.9 Å². The first kappa shape index (κ1) is 31.3. The topological polar surface area (TPSA) is 114 Å². The van der Waals surface area contributed by atoms with E-state index in [1.807, 2.05) is 72.6 Å². The molecule has 5 rings (SSSR count). The minimum absolute atomic E-state index is 0. The van der Waals surface area contributed by atoms with Gasteiger partial charge in [0, 0.05) is 47.7 Å². The number of fused-ring (bicyclic) bond motifs is 1. The van der Waals surface area contributed by atoms with Crippen molar-refractivity contribution < 1.29 is 28.8 Å². The second kappa shape index (κ2) is 13.9. The van der Waals surface area contributed by atoms with Crippen LogP contribution in [0.4, 0.5) is 11.4 Å². The average Bonchev–Trinajstić information content (AvgIpc) is 2.94. The zero-order valence-corrected chi connectivity index (χ0v) is 26.8. The Morgan fingerprint density at radius 2 is 1.68 bits per heavy atom. The van der Waals surface area contributed by atoms with Gasteiger partial charge in [0.05, 0.1) is 16.6 Å². The highest BCUT2D eigenvalue weighted by atomic mass is 127. The van der Waals surface area contributed by atoms with Crippen LogP contribution in [-0.4, -0.2) is 34.0 Å². The quantitative estimate of drug-likeness (QED) is 0.262. The van der Waals surface area contributed by atoms with E-state index in [2.05, 4.69) is 40.1 Å². The molecule has 1 aromatic heterocycles. The molecule has 0 saturated carbocycles. The van der Waals surface area contributed by atoms with Gasteiger partial charge in [-0.2, -0.15) is 0 Å². The van der Waals surface area contributed by atoms with E-state index in [4.69, 9.17) is 16.5 Å². The summed E-state index contributed by atoms with van der Waals surface area (Å²) in [5, 5.41) is 4.93. The van der Waals surface area contributed by atoms with Gasteiger partial charge in [-0.1, -0.05) is 30.3 Å². The molecule has 208 valence electrons. The number of carbonyl (C=O) groups excluding carboxylic acids is 1. The summed E-state index contributed by atoms with van der Waals surface area (Å²) in [5.41, 5.74) is 17.0. The third-order valence-electron chi connectivity index (χ3n) is 6.62. The minimum atomic E-state index is -0.471. The summed E-state index contributed by atoms with van der Waals surface area (Å²) < 4.78 is 2.19. The zero-order valence-electron chi connectivity index (χ0n) is 22.3. The van der Waals surface area contributed by atoms with Gasteiger partial charge in [0.1, 0.15) is 5.84 Å². The summed E-state index contributed by atoms with van der Waals surface area (Å²) in [6.07, 6.45) is 3.50. The van der Waals surface area contributed by atoms with Gasteiger partial charge in [-0.15, -0.1) is 24.0 Å². The van der Waals surface area contributed by atoms with Crippen LogP contribution in [0.25, 0.3) is 16.5 Å². The lowest BCUT2D eigenvalue weighted by Crippen LogP contribution is -3.00. The summed E-state index contributed by atoms with van der Waals surface area (Å²) in [6, 6.07) is 25.0. The monoisotopic (exact) mass is 760 g/mol. The van der Waals surface area contributed by atoms with Gasteiger partial charge in [0.2, 0.25) is 0 Å². The molecule has 4 aromatic rings. The fraction of sp³-hybridized carbons (Fsp3) is 0.167. The number of rotatable bonds is 6. The fourth-order valence-electron chi connectivity index (χ4n) is 4.50. The summed E-state index contributed by atoms with van der Waals surface area (Å²) in [5.74, 6) is 0.206. The molecule has 0 aliphatic carbocycles. The smallest absolute Gasteiger partial charge is 0.255 e. The molecule has 5 N–H and O–H groups in total. The first-order chi connectivity index (χ1) is 18.5. The lowest BCUT2D eigenvalue weighted by Gasteiger charge is -2.28. The van der Waals surface area contributed by atoms with Crippen molar-refractivity contribution in [1.29, 1.82) is 0 Å². The molecule has 0 saturated heterocycles. The van der Waals surface area contributed by atoms with Gasteiger partial charge >= 0.3 is 0 Å². The predicted octanol–water partition coefficient (Wildman–Crippen LogP) is 2.04. The third-order valence-corrected chi connectivity index (χ3v) is 6.62. The number of nitrogens with zero attached hydrogens (tertiary/aromatic N) is 4. The van der Waals surface area contributed by atoms with Crippen LogP contribution in [0.15, 0.2) is 101 Å². The number of aryl methyl sites for hydroxylation is 1. The SMILES string of the molecule is CCN1C=C(c2ccc(NC(=O)c3ccc(N=c4ccn(CC)c5ccccc45)cc3)cc2)C(N)=NC1N.I.[I-]. The highest BCUT2D eigenvalue weighted by Crippen LogP contribution is 2.23. The van der Waals surface area contributed by atoms with Crippen LogP contribution in [0, 0.1) is 0 Å². The normalized spacial score (nSPS) is 15.0. The van der Waals surface area contributed by atoms with E-state index in [1.165, 1.54) is 0 Å². The number of pyridine rings is 1. The standard InChI is InChI=1S/C30H31N7O.2HI/c1-3-36-18-17-26(24-7-5-6-8-27(24)36)33-22-15-11-21(12-16-22)29(38)34-23-13-9-20(10-14-23)25-19-37(4-2)30(32)35-28(25)31;;/h5-19,30H,3-4,32H2,1-2H3,(H2,31,35)(H,34,38);2*1H/p-1. The van der Waals surface area contributed by atoms with Crippen LogP contribution in [0.3, 0.4) is 0 Å². The molecule has 1 aliphatic heterocycles.